The lowest BCUT2D eigenvalue weighted by molar-refractivity contribution is -0.123. The van der Waals surface area contributed by atoms with Gasteiger partial charge >= 0.3 is 0 Å². The van der Waals surface area contributed by atoms with Gasteiger partial charge in [0.2, 0.25) is 0 Å². The van der Waals surface area contributed by atoms with Crippen molar-refractivity contribution in [3.63, 3.8) is 0 Å². The lowest BCUT2D eigenvalue weighted by atomic mass is 10.0. The number of hydrogen-bond acceptors (Lipinski definition) is 4. The van der Waals surface area contributed by atoms with Gasteiger partial charge in [0.1, 0.15) is 5.75 Å². The van der Waals surface area contributed by atoms with Crippen LogP contribution in [0.2, 0.25) is 0 Å². The number of methoxy groups -OCH3 is 1. The standard InChI is InChI=1S/C26H24N2O3S/c1-18-8-10-20(11-9-18)24(29)28-14-15-32-26(28)22-16-21(31-2)12-13-23(22)27(25(26)30)17-19-6-4-3-5-7-19/h3-13,16H,14-15,17H2,1-2H3. The van der Waals surface area contributed by atoms with E-state index in [0.717, 1.165) is 22.4 Å². The molecule has 162 valence electrons. The molecule has 0 bridgehead atoms. The first-order valence-corrected chi connectivity index (χ1v) is 11.6. The fourth-order valence-electron chi connectivity index (χ4n) is 4.50. The third-order valence-corrected chi connectivity index (χ3v) is 7.55. The number of nitrogens with zero attached hydrogens (tertiary/aromatic N) is 2. The summed E-state index contributed by atoms with van der Waals surface area (Å²) in [6.07, 6.45) is 0. The van der Waals surface area contributed by atoms with E-state index in [4.69, 9.17) is 4.74 Å². The molecule has 5 rings (SSSR count). The van der Waals surface area contributed by atoms with Gasteiger partial charge < -0.3 is 14.5 Å². The van der Waals surface area contributed by atoms with Crippen LogP contribution < -0.4 is 9.64 Å². The molecule has 5 nitrogen and oxygen atoms in total. The van der Waals surface area contributed by atoms with Crippen LogP contribution >= 0.6 is 11.8 Å². The Labute approximate surface area is 192 Å². The zero-order chi connectivity index (χ0) is 22.3. The van der Waals surface area contributed by atoms with E-state index in [0.29, 0.717) is 30.2 Å². The molecule has 1 saturated heterocycles. The molecule has 2 heterocycles. The summed E-state index contributed by atoms with van der Waals surface area (Å²) in [6.45, 7) is 2.96. The normalized spacial score (nSPS) is 19.5. The minimum Gasteiger partial charge on any atom is -0.497 e. The fraction of sp³-hybridized carbons (Fsp3) is 0.231. The summed E-state index contributed by atoms with van der Waals surface area (Å²) in [5, 5.41) is 0. The topological polar surface area (TPSA) is 49.9 Å². The van der Waals surface area contributed by atoms with Gasteiger partial charge in [-0.1, -0.05) is 48.0 Å². The molecule has 3 aromatic carbocycles. The number of anilines is 1. The van der Waals surface area contributed by atoms with Crippen LogP contribution in [0.25, 0.3) is 0 Å². The van der Waals surface area contributed by atoms with Gasteiger partial charge in [-0.15, -0.1) is 11.8 Å². The van der Waals surface area contributed by atoms with Crippen LogP contribution in [-0.2, 0) is 16.2 Å². The highest BCUT2D eigenvalue weighted by Gasteiger charge is 2.59. The van der Waals surface area contributed by atoms with Gasteiger partial charge in [-0.05, 0) is 42.8 Å². The van der Waals surface area contributed by atoms with Crippen LogP contribution in [0.3, 0.4) is 0 Å². The zero-order valence-electron chi connectivity index (χ0n) is 18.1. The van der Waals surface area contributed by atoms with Crippen molar-refractivity contribution >= 4 is 29.3 Å². The SMILES string of the molecule is COc1ccc2c(c1)C1(SCCN1C(=O)c1ccc(C)cc1)C(=O)N2Cc1ccccc1. The third-order valence-electron chi connectivity index (χ3n) is 6.13. The molecule has 0 saturated carbocycles. The molecule has 2 aliphatic rings. The highest BCUT2D eigenvalue weighted by molar-refractivity contribution is 8.01. The number of hydrogen-bond donors (Lipinski definition) is 0. The fourth-order valence-corrected chi connectivity index (χ4v) is 5.95. The molecule has 32 heavy (non-hydrogen) atoms. The van der Waals surface area contributed by atoms with E-state index >= 15 is 0 Å². The van der Waals surface area contributed by atoms with Crippen molar-refractivity contribution in [2.75, 3.05) is 24.3 Å². The second-order valence-corrected chi connectivity index (χ2v) is 9.36. The summed E-state index contributed by atoms with van der Waals surface area (Å²) in [6, 6.07) is 23.2. The number of amides is 2. The summed E-state index contributed by atoms with van der Waals surface area (Å²) < 4.78 is 5.48. The minimum atomic E-state index is -1.08. The predicted molar refractivity (Wildman–Crippen MR) is 127 cm³/mol. The maximum Gasteiger partial charge on any atom is 0.268 e. The number of benzene rings is 3. The van der Waals surface area contributed by atoms with E-state index in [1.54, 1.807) is 16.9 Å². The Bertz CT molecular complexity index is 1180. The summed E-state index contributed by atoms with van der Waals surface area (Å²) in [5.41, 5.74) is 4.37. The Balaban J connectivity index is 1.61. The molecule has 3 aromatic rings. The summed E-state index contributed by atoms with van der Waals surface area (Å²) in [7, 11) is 1.62. The van der Waals surface area contributed by atoms with Crippen LogP contribution in [0.15, 0.2) is 72.8 Å². The van der Waals surface area contributed by atoms with Crippen molar-refractivity contribution in [1.29, 1.82) is 0 Å². The van der Waals surface area contributed by atoms with Gasteiger partial charge in [-0.2, -0.15) is 0 Å². The number of ether oxygens (including phenoxy) is 1. The quantitative estimate of drug-likeness (QED) is 0.591. The lowest BCUT2D eigenvalue weighted by Gasteiger charge is -2.33. The van der Waals surface area contributed by atoms with Crippen LogP contribution in [-0.4, -0.2) is 36.1 Å². The highest BCUT2D eigenvalue weighted by Crippen LogP contribution is 2.55. The molecule has 0 radical (unpaired) electrons. The Morgan fingerprint density at radius 2 is 1.81 bits per heavy atom. The van der Waals surface area contributed by atoms with E-state index in [-0.39, 0.29) is 11.8 Å². The van der Waals surface area contributed by atoms with E-state index < -0.39 is 4.87 Å². The van der Waals surface area contributed by atoms with Crippen LogP contribution in [0.5, 0.6) is 5.75 Å². The molecule has 2 aliphatic heterocycles. The molecule has 2 amide bonds. The predicted octanol–water partition coefficient (Wildman–Crippen LogP) is 4.59. The monoisotopic (exact) mass is 444 g/mol. The van der Waals surface area contributed by atoms with E-state index in [1.165, 1.54) is 11.8 Å². The van der Waals surface area contributed by atoms with Crippen LogP contribution in [0.4, 0.5) is 5.69 Å². The second-order valence-electron chi connectivity index (χ2n) is 8.08. The smallest absolute Gasteiger partial charge is 0.268 e. The Morgan fingerprint density at radius 1 is 1.06 bits per heavy atom. The van der Waals surface area contributed by atoms with Gasteiger partial charge in [0.25, 0.3) is 11.8 Å². The average Bonchev–Trinajstić information content (AvgIpc) is 3.36. The Kier molecular flexibility index (Phi) is 5.18. The molecule has 1 fully saturated rings. The number of carbonyl (C=O) groups excluding carboxylic acids is 2. The van der Waals surface area contributed by atoms with Gasteiger partial charge in [0.15, 0.2) is 4.87 Å². The molecular formula is C26H24N2O3S. The summed E-state index contributed by atoms with van der Waals surface area (Å²) >= 11 is 1.53. The first kappa shape index (κ1) is 20.6. The van der Waals surface area contributed by atoms with Crippen molar-refractivity contribution in [1.82, 2.24) is 4.90 Å². The largest absolute Gasteiger partial charge is 0.497 e. The summed E-state index contributed by atoms with van der Waals surface area (Å²) in [4.78, 5) is 30.1. The van der Waals surface area contributed by atoms with Crippen LogP contribution in [0.1, 0.15) is 27.0 Å². The molecule has 1 atom stereocenters. The van der Waals surface area contributed by atoms with Gasteiger partial charge in [-0.25, -0.2) is 0 Å². The number of carbonyl (C=O) groups is 2. The molecule has 1 spiro atoms. The summed E-state index contributed by atoms with van der Waals surface area (Å²) in [5.74, 6) is 1.16. The zero-order valence-corrected chi connectivity index (χ0v) is 18.9. The molecule has 1 unspecified atom stereocenters. The Hall–Kier alpha value is -3.25. The van der Waals surface area contributed by atoms with Gasteiger partial charge in [0, 0.05) is 23.4 Å². The third kappa shape index (κ3) is 3.17. The maximum atomic E-state index is 14.1. The van der Waals surface area contributed by atoms with Crippen LogP contribution in [0, 0.1) is 6.92 Å². The van der Waals surface area contributed by atoms with Gasteiger partial charge in [0.05, 0.1) is 19.3 Å². The molecule has 0 aliphatic carbocycles. The van der Waals surface area contributed by atoms with E-state index in [9.17, 15) is 9.59 Å². The number of fused-ring (bicyclic) bond motifs is 2. The minimum absolute atomic E-state index is 0.0763. The van der Waals surface area contributed by atoms with Crippen molar-refractivity contribution in [2.24, 2.45) is 0 Å². The van der Waals surface area contributed by atoms with Crippen molar-refractivity contribution < 1.29 is 14.3 Å². The first-order valence-electron chi connectivity index (χ1n) is 10.6. The Morgan fingerprint density at radius 3 is 2.53 bits per heavy atom. The number of aryl methyl sites for hydroxylation is 1. The molecule has 0 aromatic heterocycles. The highest BCUT2D eigenvalue weighted by atomic mass is 32.2. The molecule has 6 heteroatoms. The average molecular weight is 445 g/mol. The first-order chi connectivity index (χ1) is 15.5. The van der Waals surface area contributed by atoms with Crippen molar-refractivity contribution in [3.05, 3.63) is 95.1 Å². The molecule has 0 N–H and O–H groups in total. The number of rotatable bonds is 4. The van der Waals surface area contributed by atoms with Crippen molar-refractivity contribution in [3.8, 4) is 5.75 Å². The lowest BCUT2D eigenvalue weighted by Crippen LogP contribution is -2.50. The second kappa shape index (κ2) is 8.02. The van der Waals surface area contributed by atoms with Gasteiger partial charge in [-0.3, -0.25) is 9.59 Å². The number of thioether (sulfide) groups is 1. The van der Waals surface area contributed by atoms with E-state index in [2.05, 4.69) is 0 Å². The molecular weight excluding hydrogens is 420 g/mol. The maximum absolute atomic E-state index is 14.1. The van der Waals surface area contributed by atoms with Crippen molar-refractivity contribution in [2.45, 2.75) is 18.3 Å². The van der Waals surface area contributed by atoms with E-state index in [1.807, 2.05) is 79.7 Å².